The maximum absolute atomic E-state index is 11.7. The van der Waals surface area contributed by atoms with Gasteiger partial charge in [-0.2, -0.15) is 0 Å². The van der Waals surface area contributed by atoms with Crippen LogP contribution >= 0.6 is 0 Å². The molecule has 0 atom stereocenters. The number of nitrogens with one attached hydrogen (secondary N) is 2. The van der Waals surface area contributed by atoms with Crippen molar-refractivity contribution in [2.24, 2.45) is 5.92 Å². The Labute approximate surface area is 160 Å². The first-order valence-corrected chi connectivity index (χ1v) is 10.1. The Morgan fingerprint density at radius 2 is 1.89 bits per heavy atom. The molecule has 7 nitrogen and oxygen atoms in total. The molecule has 2 aliphatic rings. The molecule has 0 unspecified atom stereocenters. The van der Waals surface area contributed by atoms with Crippen molar-refractivity contribution in [3.05, 3.63) is 33.9 Å². The first kappa shape index (κ1) is 19.6. The molecule has 2 N–H and O–H groups in total. The van der Waals surface area contributed by atoms with E-state index in [0.29, 0.717) is 11.3 Å². The number of anilines is 1. The minimum atomic E-state index is -0.424. The third-order valence-corrected chi connectivity index (χ3v) is 5.87. The van der Waals surface area contributed by atoms with Crippen molar-refractivity contribution in [3.8, 4) is 0 Å². The topological polar surface area (TPSA) is 87.5 Å². The zero-order valence-corrected chi connectivity index (χ0v) is 16.1. The van der Waals surface area contributed by atoms with Crippen molar-refractivity contribution < 1.29 is 9.72 Å². The van der Waals surface area contributed by atoms with Gasteiger partial charge in [0, 0.05) is 44.4 Å². The SMILES string of the molecule is CNC(=O)c1ccc(NC2CCN(CC3CCCCC3)CC2)c([N+](=O)[O-])c1. The number of hydrogen-bond donors (Lipinski definition) is 2. The molecule has 0 radical (unpaired) electrons. The largest absolute Gasteiger partial charge is 0.377 e. The molecule has 148 valence electrons. The number of nitrogens with zero attached hydrogens (tertiary/aromatic N) is 2. The number of likely N-dealkylation sites (tertiary alicyclic amines) is 1. The molecule has 1 aromatic carbocycles. The van der Waals surface area contributed by atoms with Crippen LogP contribution in [0.1, 0.15) is 55.3 Å². The first-order valence-electron chi connectivity index (χ1n) is 10.1. The van der Waals surface area contributed by atoms with Gasteiger partial charge in [-0.1, -0.05) is 19.3 Å². The summed E-state index contributed by atoms with van der Waals surface area (Å²) in [7, 11) is 1.52. The van der Waals surface area contributed by atoms with E-state index >= 15 is 0 Å². The van der Waals surface area contributed by atoms with Crippen LogP contribution in [0.3, 0.4) is 0 Å². The summed E-state index contributed by atoms with van der Waals surface area (Å²) in [4.78, 5) is 25.3. The van der Waals surface area contributed by atoms with Crippen molar-refractivity contribution in [3.63, 3.8) is 0 Å². The van der Waals surface area contributed by atoms with E-state index in [9.17, 15) is 14.9 Å². The monoisotopic (exact) mass is 374 g/mol. The number of nitro benzene ring substituents is 1. The molecule has 1 aliphatic heterocycles. The van der Waals surface area contributed by atoms with Gasteiger partial charge in [-0.3, -0.25) is 14.9 Å². The summed E-state index contributed by atoms with van der Waals surface area (Å²) >= 11 is 0. The fraction of sp³-hybridized carbons (Fsp3) is 0.650. The minimum absolute atomic E-state index is 0.0410. The van der Waals surface area contributed by atoms with Crippen LogP contribution in [-0.2, 0) is 0 Å². The molecule has 1 saturated carbocycles. The van der Waals surface area contributed by atoms with E-state index in [2.05, 4.69) is 15.5 Å². The molecule has 0 aromatic heterocycles. The predicted molar refractivity (Wildman–Crippen MR) is 106 cm³/mol. The van der Waals surface area contributed by atoms with Gasteiger partial charge in [0.25, 0.3) is 11.6 Å². The highest BCUT2D eigenvalue weighted by molar-refractivity contribution is 5.95. The van der Waals surface area contributed by atoms with Crippen molar-refractivity contribution in [1.82, 2.24) is 10.2 Å². The molecule has 27 heavy (non-hydrogen) atoms. The van der Waals surface area contributed by atoms with E-state index in [1.807, 2.05) is 0 Å². The summed E-state index contributed by atoms with van der Waals surface area (Å²) in [5.74, 6) is 0.530. The zero-order chi connectivity index (χ0) is 19.2. The Morgan fingerprint density at radius 3 is 2.52 bits per heavy atom. The summed E-state index contributed by atoms with van der Waals surface area (Å²) in [5, 5.41) is 17.3. The molecule has 1 aliphatic carbocycles. The van der Waals surface area contributed by atoms with Crippen LogP contribution in [-0.4, -0.2) is 48.5 Å². The highest BCUT2D eigenvalue weighted by atomic mass is 16.6. The minimum Gasteiger partial charge on any atom is -0.377 e. The number of nitro groups is 1. The van der Waals surface area contributed by atoms with Gasteiger partial charge in [0.15, 0.2) is 0 Å². The van der Waals surface area contributed by atoms with Crippen LogP contribution < -0.4 is 10.6 Å². The van der Waals surface area contributed by atoms with E-state index in [0.717, 1.165) is 31.8 Å². The molecule has 1 heterocycles. The van der Waals surface area contributed by atoms with Gasteiger partial charge in [-0.25, -0.2) is 0 Å². The highest BCUT2D eigenvalue weighted by Gasteiger charge is 2.25. The molecule has 1 aromatic rings. The Kier molecular flexibility index (Phi) is 6.66. The summed E-state index contributed by atoms with van der Waals surface area (Å²) in [6.07, 6.45) is 8.84. The van der Waals surface area contributed by atoms with Crippen LogP contribution in [0, 0.1) is 16.0 Å². The van der Waals surface area contributed by atoms with Gasteiger partial charge in [0.2, 0.25) is 0 Å². The number of carbonyl (C=O) groups excluding carboxylic acids is 1. The van der Waals surface area contributed by atoms with E-state index < -0.39 is 4.92 Å². The second-order valence-electron chi connectivity index (χ2n) is 7.79. The fourth-order valence-corrected chi connectivity index (χ4v) is 4.30. The van der Waals surface area contributed by atoms with Crippen LogP contribution in [0.5, 0.6) is 0 Å². The second-order valence-corrected chi connectivity index (χ2v) is 7.79. The van der Waals surface area contributed by atoms with Gasteiger partial charge >= 0.3 is 0 Å². The quantitative estimate of drug-likeness (QED) is 0.588. The fourth-order valence-electron chi connectivity index (χ4n) is 4.30. The Bertz CT molecular complexity index is 665. The van der Waals surface area contributed by atoms with Crippen LogP contribution in [0.4, 0.5) is 11.4 Å². The summed E-state index contributed by atoms with van der Waals surface area (Å²) in [6.45, 7) is 3.28. The number of benzene rings is 1. The molecule has 1 saturated heterocycles. The second kappa shape index (κ2) is 9.17. The van der Waals surface area contributed by atoms with E-state index in [1.165, 1.54) is 51.8 Å². The summed E-state index contributed by atoms with van der Waals surface area (Å²) < 4.78 is 0. The average molecular weight is 374 g/mol. The van der Waals surface area contributed by atoms with Crippen LogP contribution in [0.2, 0.25) is 0 Å². The van der Waals surface area contributed by atoms with Gasteiger partial charge in [0.05, 0.1) is 4.92 Å². The van der Waals surface area contributed by atoms with Crippen LogP contribution in [0.25, 0.3) is 0 Å². The third kappa shape index (κ3) is 5.19. The van der Waals surface area contributed by atoms with E-state index in [-0.39, 0.29) is 17.6 Å². The first-order chi connectivity index (χ1) is 13.1. The Balaban J connectivity index is 1.56. The lowest BCUT2D eigenvalue weighted by molar-refractivity contribution is -0.384. The molecular weight excluding hydrogens is 344 g/mol. The maximum Gasteiger partial charge on any atom is 0.293 e. The van der Waals surface area contributed by atoms with Gasteiger partial charge in [-0.15, -0.1) is 0 Å². The van der Waals surface area contributed by atoms with Gasteiger partial charge < -0.3 is 15.5 Å². The number of carbonyl (C=O) groups is 1. The highest BCUT2D eigenvalue weighted by Crippen LogP contribution is 2.29. The predicted octanol–water partition coefficient (Wildman–Crippen LogP) is 3.41. The van der Waals surface area contributed by atoms with Gasteiger partial charge in [-0.05, 0) is 43.7 Å². The summed E-state index contributed by atoms with van der Waals surface area (Å²) in [5.41, 5.74) is 0.760. The van der Waals surface area contributed by atoms with E-state index in [4.69, 9.17) is 0 Å². The number of piperidine rings is 1. The van der Waals surface area contributed by atoms with Crippen LogP contribution in [0.15, 0.2) is 18.2 Å². The smallest absolute Gasteiger partial charge is 0.293 e. The molecule has 3 rings (SSSR count). The lowest BCUT2D eigenvalue weighted by Gasteiger charge is -2.35. The standard InChI is InChI=1S/C20H30N4O3/c1-21-20(25)16-7-8-18(19(13-16)24(26)27)22-17-9-11-23(12-10-17)14-15-5-3-2-4-6-15/h7-8,13,15,17,22H,2-6,9-12,14H2,1H3,(H,21,25). The zero-order valence-electron chi connectivity index (χ0n) is 16.1. The molecule has 2 fully saturated rings. The molecule has 7 heteroatoms. The lowest BCUT2D eigenvalue weighted by atomic mass is 9.88. The van der Waals surface area contributed by atoms with E-state index in [1.54, 1.807) is 12.1 Å². The van der Waals surface area contributed by atoms with Crippen molar-refractivity contribution >= 4 is 17.3 Å². The lowest BCUT2D eigenvalue weighted by Crippen LogP contribution is -2.41. The maximum atomic E-state index is 11.7. The third-order valence-electron chi connectivity index (χ3n) is 5.87. The number of rotatable bonds is 6. The number of hydrogen-bond acceptors (Lipinski definition) is 5. The van der Waals surface area contributed by atoms with Crippen molar-refractivity contribution in [2.45, 2.75) is 51.0 Å². The Hall–Kier alpha value is -2.15. The molecule has 1 amide bonds. The van der Waals surface area contributed by atoms with Crippen molar-refractivity contribution in [1.29, 1.82) is 0 Å². The normalized spacial score (nSPS) is 19.6. The summed E-state index contributed by atoms with van der Waals surface area (Å²) in [6, 6.07) is 4.86. The molecule has 0 bridgehead atoms. The van der Waals surface area contributed by atoms with Gasteiger partial charge in [0.1, 0.15) is 5.69 Å². The molecular formula is C20H30N4O3. The Morgan fingerprint density at radius 1 is 1.19 bits per heavy atom. The number of amides is 1. The van der Waals surface area contributed by atoms with Crippen molar-refractivity contribution in [2.75, 3.05) is 32.0 Å². The average Bonchev–Trinajstić information content (AvgIpc) is 2.70. The molecule has 0 spiro atoms.